The minimum atomic E-state index is -0.358. The molecule has 0 unspecified atom stereocenters. The average Bonchev–Trinajstić information content (AvgIpc) is 3.39. The Morgan fingerprint density at radius 1 is 1.26 bits per heavy atom. The van der Waals surface area contributed by atoms with Gasteiger partial charge in [-0.2, -0.15) is 9.61 Å². The predicted octanol–water partition coefficient (Wildman–Crippen LogP) is 1.87. The van der Waals surface area contributed by atoms with Gasteiger partial charge in [-0.25, -0.2) is 9.97 Å². The largest absolute Gasteiger partial charge is 0.383 e. The number of carbonyl (C=O) groups excluding carboxylic acids is 1. The average molecular weight is 420 g/mol. The Bertz CT molecular complexity index is 1230. The molecule has 10 nitrogen and oxygen atoms in total. The van der Waals surface area contributed by atoms with Gasteiger partial charge in [-0.1, -0.05) is 12.1 Å². The summed E-state index contributed by atoms with van der Waals surface area (Å²) in [7, 11) is 1.66. The highest BCUT2D eigenvalue weighted by Gasteiger charge is 2.23. The smallest absolute Gasteiger partial charge is 0.242 e. The molecule has 4 aromatic rings. The van der Waals surface area contributed by atoms with Crippen LogP contribution >= 0.6 is 0 Å². The lowest BCUT2D eigenvalue weighted by atomic mass is 10.1. The third kappa shape index (κ3) is 3.81. The summed E-state index contributed by atoms with van der Waals surface area (Å²) in [5.74, 6) is 1.04. The molecule has 2 N–H and O–H groups in total. The fraction of sp³-hybridized carbons (Fsp3) is 0.381. The lowest BCUT2D eigenvalue weighted by Gasteiger charge is -2.16. The summed E-state index contributed by atoms with van der Waals surface area (Å²) in [6, 6.07) is 7.44. The zero-order valence-corrected chi connectivity index (χ0v) is 17.3. The fourth-order valence-electron chi connectivity index (χ4n) is 3.79. The Balaban J connectivity index is 1.58. The third-order valence-electron chi connectivity index (χ3n) is 5.43. The summed E-state index contributed by atoms with van der Waals surface area (Å²) < 4.78 is 8.60. The van der Waals surface area contributed by atoms with Gasteiger partial charge in [-0.3, -0.25) is 9.48 Å². The third-order valence-corrected chi connectivity index (χ3v) is 5.43. The number of methoxy groups -OCH3 is 1. The van der Waals surface area contributed by atoms with Gasteiger partial charge in [0.05, 0.1) is 30.4 Å². The van der Waals surface area contributed by atoms with E-state index in [0.717, 1.165) is 35.7 Å². The highest BCUT2D eigenvalue weighted by molar-refractivity contribution is 5.93. The number of anilines is 1. The van der Waals surface area contributed by atoms with E-state index in [1.165, 1.54) is 0 Å². The number of amides is 1. The van der Waals surface area contributed by atoms with Gasteiger partial charge in [0, 0.05) is 25.2 Å². The Labute approximate surface area is 178 Å². The van der Waals surface area contributed by atoms with E-state index in [4.69, 9.17) is 19.8 Å². The minimum absolute atomic E-state index is 0.0135. The van der Waals surface area contributed by atoms with E-state index in [0.29, 0.717) is 37.1 Å². The monoisotopic (exact) mass is 420 g/mol. The number of nitrogens with one attached hydrogen (secondary N) is 2. The van der Waals surface area contributed by atoms with Crippen LogP contribution in [0.25, 0.3) is 27.9 Å². The molecular weight excluding hydrogens is 396 g/mol. The molecule has 1 fully saturated rings. The van der Waals surface area contributed by atoms with Crippen LogP contribution in [0.3, 0.4) is 0 Å². The van der Waals surface area contributed by atoms with Crippen LogP contribution in [0.5, 0.6) is 0 Å². The van der Waals surface area contributed by atoms with Crippen LogP contribution in [-0.2, 0) is 16.1 Å². The van der Waals surface area contributed by atoms with Crippen LogP contribution in [0.15, 0.2) is 36.7 Å². The minimum Gasteiger partial charge on any atom is -0.383 e. The van der Waals surface area contributed by atoms with E-state index >= 15 is 0 Å². The molecule has 0 aliphatic carbocycles. The van der Waals surface area contributed by atoms with Crippen molar-refractivity contribution in [3.05, 3.63) is 36.7 Å². The molecule has 1 saturated heterocycles. The second-order valence-electron chi connectivity index (χ2n) is 7.59. The maximum absolute atomic E-state index is 12.5. The van der Waals surface area contributed by atoms with E-state index in [-0.39, 0.29) is 11.9 Å². The van der Waals surface area contributed by atoms with E-state index < -0.39 is 0 Å². The highest BCUT2D eigenvalue weighted by atomic mass is 16.5. The molecule has 1 aromatic carbocycles. The van der Waals surface area contributed by atoms with Crippen LogP contribution in [-0.4, -0.2) is 61.6 Å². The van der Waals surface area contributed by atoms with Gasteiger partial charge in [0.15, 0.2) is 11.5 Å². The number of rotatable bonds is 6. The van der Waals surface area contributed by atoms with Crippen molar-refractivity contribution in [3.63, 3.8) is 0 Å². The Hall–Kier alpha value is -3.53. The first-order valence-electron chi connectivity index (χ1n) is 10.4. The molecule has 1 amide bonds. The summed E-state index contributed by atoms with van der Waals surface area (Å²) in [6.07, 6.45) is 6.33. The summed E-state index contributed by atoms with van der Waals surface area (Å²) in [4.78, 5) is 22.0. The number of aromatic nitrogens is 6. The van der Waals surface area contributed by atoms with E-state index in [1.54, 1.807) is 22.5 Å². The molecule has 31 heavy (non-hydrogen) atoms. The number of ether oxygens (including phenoxy) is 1. The first-order chi connectivity index (χ1) is 15.2. The van der Waals surface area contributed by atoms with Crippen molar-refractivity contribution in [2.75, 3.05) is 25.6 Å². The number of hydrogen-bond acceptors (Lipinski definition) is 7. The molecule has 0 spiro atoms. The van der Waals surface area contributed by atoms with Gasteiger partial charge in [-0.15, -0.1) is 5.10 Å². The summed E-state index contributed by atoms with van der Waals surface area (Å²) >= 11 is 0. The van der Waals surface area contributed by atoms with Crippen molar-refractivity contribution in [2.24, 2.45) is 0 Å². The SMILES string of the molecule is COCCn1cc(-c2nc3c4ccccc4nc(N[C@@H]4CCCCNC4=O)n3n2)cn1. The topological polar surface area (TPSA) is 111 Å². The van der Waals surface area contributed by atoms with E-state index in [1.807, 2.05) is 30.5 Å². The molecule has 10 heteroatoms. The van der Waals surface area contributed by atoms with Gasteiger partial charge in [0.25, 0.3) is 0 Å². The van der Waals surface area contributed by atoms with Crippen molar-refractivity contribution in [3.8, 4) is 11.4 Å². The van der Waals surface area contributed by atoms with Crippen molar-refractivity contribution < 1.29 is 9.53 Å². The normalized spacial score (nSPS) is 17.1. The molecule has 0 bridgehead atoms. The molecule has 0 saturated carbocycles. The lowest BCUT2D eigenvalue weighted by molar-refractivity contribution is -0.121. The Morgan fingerprint density at radius 3 is 3.06 bits per heavy atom. The molecular formula is C21H24N8O2. The first-order valence-corrected chi connectivity index (χ1v) is 10.4. The second kappa shape index (κ2) is 8.31. The molecule has 5 rings (SSSR count). The maximum Gasteiger partial charge on any atom is 0.242 e. The molecule has 4 heterocycles. The molecule has 0 radical (unpaired) electrons. The molecule has 1 aliphatic heterocycles. The maximum atomic E-state index is 12.5. The van der Waals surface area contributed by atoms with Gasteiger partial charge < -0.3 is 15.4 Å². The molecule has 160 valence electrons. The van der Waals surface area contributed by atoms with Gasteiger partial charge in [-0.05, 0) is 31.4 Å². The zero-order valence-electron chi connectivity index (χ0n) is 17.3. The predicted molar refractivity (Wildman–Crippen MR) is 116 cm³/mol. The van der Waals surface area contributed by atoms with Crippen LogP contribution in [0.2, 0.25) is 0 Å². The Morgan fingerprint density at radius 2 is 2.16 bits per heavy atom. The first kappa shape index (κ1) is 19.4. The van der Waals surface area contributed by atoms with Crippen molar-refractivity contribution in [1.82, 2.24) is 34.7 Å². The standard InChI is InChI=1S/C21H24N8O2/c1-31-11-10-28-13-14(12-23-28)18-26-19-15-6-2-3-7-16(15)24-21(29(19)27-18)25-17-8-4-5-9-22-20(17)30/h2-3,6-7,12-13,17H,4-5,8-11H2,1H3,(H,22,30)(H,24,25)/t17-/m1/s1. The summed E-state index contributed by atoms with van der Waals surface area (Å²) in [5.41, 5.74) is 2.28. The molecule has 1 atom stereocenters. The number of para-hydroxylation sites is 1. The van der Waals surface area contributed by atoms with E-state index in [2.05, 4.69) is 15.7 Å². The Kier molecular flexibility index (Phi) is 5.21. The lowest BCUT2D eigenvalue weighted by Crippen LogP contribution is -2.38. The van der Waals surface area contributed by atoms with Crippen LogP contribution in [0, 0.1) is 0 Å². The van der Waals surface area contributed by atoms with Crippen LogP contribution < -0.4 is 10.6 Å². The molecule has 3 aromatic heterocycles. The molecule has 1 aliphatic rings. The quantitative estimate of drug-likeness (QED) is 0.490. The second-order valence-corrected chi connectivity index (χ2v) is 7.59. The van der Waals surface area contributed by atoms with Crippen LogP contribution in [0.4, 0.5) is 5.95 Å². The summed E-state index contributed by atoms with van der Waals surface area (Å²) in [6.45, 7) is 1.93. The van der Waals surface area contributed by atoms with Gasteiger partial charge in [0.1, 0.15) is 6.04 Å². The van der Waals surface area contributed by atoms with E-state index in [9.17, 15) is 4.79 Å². The highest BCUT2D eigenvalue weighted by Crippen LogP contribution is 2.25. The number of fused-ring (bicyclic) bond motifs is 3. The number of carbonyl (C=O) groups is 1. The van der Waals surface area contributed by atoms with Crippen molar-refractivity contribution in [2.45, 2.75) is 31.8 Å². The van der Waals surface area contributed by atoms with Crippen molar-refractivity contribution >= 4 is 28.4 Å². The van der Waals surface area contributed by atoms with Gasteiger partial charge in [0.2, 0.25) is 11.9 Å². The van der Waals surface area contributed by atoms with Crippen molar-refractivity contribution in [1.29, 1.82) is 0 Å². The number of benzene rings is 1. The van der Waals surface area contributed by atoms with Gasteiger partial charge >= 0.3 is 0 Å². The van der Waals surface area contributed by atoms with Crippen LogP contribution in [0.1, 0.15) is 19.3 Å². The number of hydrogen-bond donors (Lipinski definition) is 2. The zero-order chi connectivity index (χ0) is 21.2. The number of nitrogens with zero attached hydrogens (tertiary/aromatic N) is 6. The summed E-state index contributed by atoms with van der Waals surface area (Å²) in [5, 5.41) is 16.2. The fourth-order valence-corrected chi connectivity index (χ4v) is 3.79.